The summed E-state index contributed by atoms with van der Waals surface area (Å²) in [6.07, 6.45) is -4.32. The quantitative estimate of drug-likeness (QED) is 0.804. The van der Waals surface area contributed by atoms with E-state index in [1.54, 1.807) is 6.92 Å². The van der Waals surface area contributed by atoms with Crippen molar-refractivity contribution in [1.29, 1.82) is 0 Å². The van der Waals surface area contributed by atoms with E-state index in [9.17, 15) is 22.8 Å². The molecule has 0 aliphatic rings. The van der Waals surface area contributed by atoms with Crippen LogP contribution in [0.4, 0.5) is 13.2 Å². The molecule has 2 N–H and O–H groups in total. The van der Waals surface area contributed by atoms with E-state index < -0.39 is 24.3 Å². The van der Waals surface area contributed by atoms with Gasteiger partial charge in [0, 0.05) is 0 Å². The minimum Gasteiger partial charge on any atom is -0.480 e. The van der Waals surface area contributed by atoms with Crippen LogP contribution in [0.25, 0.3) is 0 Å². The Labute approximate surface area is 131 Å². The summed E-state index contributed by atoms with van der Waals surface area (Å²) in [6.45, 7) is 3.52. The Morgan fingerprint density at radius 1 is 1.26 bits per heavy atom. The molecule has 0 saturated carbocycles. The highest BCUT2D eigenvalue weighted by atomic mass is 19.4. The van der Waals surface area contributed by atoms with Crippen LogP contribution in [0.2, 0.25) is 0 Å². The van der Waals surface area contributed by atoms with Crippen LogP contribution in [-0.2, 0) is 16.0 Å². The zero-order valence-corrected chi connectivity index (χ0v) is 12.7. The fourth-order valence-electron chi connectivity index (χ4n) is 1.90. The standard InChI is InChI=1S/C15H18F3NO4/c1-3-9(2)13(14(21)22)19-12(20)8-10-4-6-11(7-5-10)23-15(16,17)18/h4-7,9,13H,3,8H2,1-2H3,(H,19,20)(H,21,22). The van der Waals surface area contributed by atoms with E-state index in [1.807, 2.05) is 6.92 Å². The second-order valence-electron chi connectivity index (χ2n) is 5.14. The van der Waals surface area contributed by atoms with Gasteiger partial charge in [-0.3, -0.25) is 4.79 Å². The van der Waals surface area contributed by atoms with E-state index in [2.05, 4.69) is 10.1 Å². The third-order valence-corrected chi connectivity index (χ3v) is 3.32. The number of ether oxygens (including phenoxy) is 1. The predicted molar refractivity (Wildman–Crippen MR) is 75.9 cm³/mol. The summed E-state index contributed by atoms with van der Waals surface area (Å²) in [4.78, 5) is 23.0. The molecule has 128 valence electrons. The van der Waals surface area contributed by atoms with Crippen molar-refractivity contribution in [3.8, 4) is 5.75 Å². The lowest BCUT2D eigenvalue weighted by Crippen LogP contribution is -2.45. The van der Waals surface area contributed by atoms with Crippen molar-refractivity contribution in [1.82, 2.24) is 5.32 Å². The van der Waals surface area contributed by atoms with Gasteiger partial charge in [0.05, 0.1) is 6.42 Å². The molecule has 1 aromatic carbocycles. The summed E-state index contributed by atoms with van der Waals surface area (Å²) in [5, 5.41) is 11.5. The number of hydrogen-bond donors (Lipinski definition) is 2. The van der Waals surface area contributed by atoms with Gasteiger partial charge in [0.25, 0.3) is 0 Å². The molecular formula is C15H18F3NO4. The Kier molecular flexibility index (Phi) is 6.41. The first kappa shape index (κ1) is 18.8. The van der Waals surface area contributed by atoms with Crippen molar-refractivity contribution in [3.05, 3.63) is 29.8 Å². The number of alkyl halides is 3. The van der Waals surface area contributed by atoms with Crippen molar-refractivity contribution in [2.75, 3.05) is 0 Å². The third-order valence-electron chi connectivity index (χ3n) is 3.32. The zero-order chi connectivity index (χ0) is 17.6. The number of aliphatic carboxylic acids is 1. The van der Waals surface area contributed by atoms with Crippen LogP contribution in [0.15, 0.2) is 24.3 Å². The van der Waals surface area contributed by atoms with E-state index in [1.165, 1.54) is 12.1 Å². The number of amides is 1. The maximum Gasteiger partial charge on any atom is 0.573 e. The summed E-state index contributed by atoms with van der Waals surface area (Å²) < 4.78 is 39.8. The smallest absolute Gasteiger partial charge is 0.480 e. The minimum absolute atomic E-state index is 0.132. The molecule has 2 atom stereocenters. The van der Waals surface area contributed by atoms with E-state index in [-0.39, 0.29) is 18.1 Å². The number of carbonyl (C=O) groups excluding carboxylic acids is 1. The van der Waals surface area contributed by atoms with Crippen LogP contribution in [0.3, 0.4) is 0 Å². The average Bonchev–Trinajstić information content (AvgIpc) is 2.44. The summed E-state index contributed by atoms with van der Waals surface area (Å²) >= 11 is 0. The third kappa shape index (κ3) is 6.58. The number of carboxylic acids is 1. The monoisotopic (exact) mass is 333 g/mol. The highest BCUT2D eigenvalue weighted by Gasteiger charge is 2.31. The number of hydrogen-bond acceptors (Lipinski definition) is 3. The molecule has 0 fully saturated rings. The van der Waals surface area contributed by atoms with Crippen molar-refractivity contribution < 1.29 is 32.6 Å². The number of carbonyl (C=O) groups is 2. The van der Waals surface area contributed by atoms with Gasteiger partial charge in [-0.25, -0.2) is 4.79 Å². The lowest BCUT2D eigenvalue weighted by Gasteiger charge is -2.20. The maximum atomic E-state index is 12.0. The molecule has 0 radical (unpaired) electrons. The highest BCUT2D eigenvalue weighted by Crippen LogP contribution is 2.22. The fourth-order valence-corrected chi connectivity index (χ4v) is 1.90. The number of nitrogens with one attached hydrogen (secondary N) is 1. The molecule has 5 nitrogen and oxygen atoms in total. The van der Waals surface area contributed by atoms with Crippen molar-refractivity contribution in [2.24, 2.45) is 5.92 Å². The van der Waals surface area contributed by atoms with Gasteiger partial charge in [0.1, 0.15) is 11.8 Å². The largest absolute Gasteiger partial charge is 0.573 e. The first-order valence-electron chi connectivity index (χ1n) is 6.99. The lowest BCUT2D eigenvalue weighted by molar-refractivity contribution is -0.274. The van der Waals surface area contributed by atoms with Crippen LogP contribution >= 0.6 is 0 Å². The molecule has 1 rings (SSSR count). The van der Waals surface area contributed by atoms with Crippen LogP contribution in [-0.4, -0.2) is 29.4 Å². The number of carboxylic acid groups (broad SMARTS) is 1. The number of halogens is 3. The molecule has 0 heterocycles. The molecule has 23 heavy (non-hydrogen) atoms. The van der Waals surface area contributed by atoms with Crippen LogP contribution in [0.5, 0.6) is 5.75 Å². The first-order valence-corrected chi connectivity index (χ1v) is 6.99. The molecular weight excluding hydrogens is 315 g/mol. The SMILES string of the molecule is CCC(C)C(NC(=O)Cc1ccc(OC(F)(F)F)cc1)C(=O)O. The normalized spacial score (nSPS) is 14.0. The zero-order valence-electron chi connectivity index (χ0n) is 12.7. The van der Waals surface area contributed by atoms with Crippen LogP contribution in [0.1, 0.15) is 25.8 Å². The van der Waals surface area contributed by atoms with E-state index in [0.717, 1.165) is 12.1 Å². The van der Waals surface area contributed by atoms with Gasteiger partial charge in [0.15, 0.2) is 0 Å². The van der Waals surface area contributed by atoms with E-state index >= 15 is 0 Å². The summed E-state index contributed by atoms with van der Waals surface area (Å²) in [7, 11) is 0. The maximum absolute atomic E-state index is 12.0. The van der Waals surface area contributed by atoms with Gasteiger partial charge in [-0.15, -0.1) is 13.2 Å². The molecule has 0 aliphatic carbocycles. The highest BCUT2D eigenvalue weighted by molar-refractivity contribution is 5.85. The Balaban J connectivity index is 2.65. The number of rotatable bonds is 7. The second kappa shape index (κ2) is 7.85. The first-order chi connectivity index (χ1) is 10.6. The topological polar surface area (TPSA) is 75.6 Å². The summed E-state index contributed by atoms with van der Waals surface area (Å²) in [5.74, 6) is -2.26. The van der Waals surface area contributed by atoms with Crippen LogP contribution in [0, 0.1) is 5.92 Å². The van der Waals surface area contributed by atoms with Gasteiger partial charge in [0.2, 0.25) is 5.91 Å². The Morgan fingerprint density at radius 3 is 2.26 bits per heavy atom. The molecule has 0 bridgehead atoms. The molecule has 2 unspecified atom stereocenters. The Bertz CT molecular complexity index is 543. The molecule has 1 amide bonds. The van der Waals surface area contributed by atoms with E-state index in [4.69, 9.17) is 5.11 Å². The predicted octanol–water partition coefficient (Wildman–Crippen LogP) is 2.74. The Hall–Kier alpha value is -2.25. The minimum atomic E-state index is -4.77. The molecule has 0 aliphatic heterocycles. The van der Waals surface area contributed by atoms with Crippen molar-refractivity contribution in [2.45, 2.75) is 39.1 Å². The summed E-state index contributed by atoms with van der Waals surface area (Å²) in [5.41, 5.74) is 0.449. The van der Waals surface area contributed by atoms with Gasteiger partial charge in [-0.05, 0) is 23.6 Å². The lowest BCUT2D eigenvalue weighted by atomic mass is 9.99. The number of benzene rings is 1. The van der Waals surface area contributed by atoms with Crippen LogP contribution < -0.4 is 10.1 Å². The Morgan fingerprint density at radius 2 is 1.83 bits per heavy atom. The fraction of sp³-hybridized carbons (Fsp3) is 0.467. The molecule has 1 aromatic rings. The van der Waals surface area contributed by atoms with Crippen molar-refractivity contribution in [3.63, 3.8) is 0 Å². The van der Waals surface area contributed by atoms with Gasteiger partial charge in [-0.1, -0.05) is 32.4 Å². The van der Waals surface area contributed by atoms with Gasteiger partial charge >= 0.3 is 12.3 Å². The second-order valence-corrected chi connectivity index (χ2v) is 5.14. The van der Waals surface area contributed by atoms with Gasteiger partial charge in [-0.2, -0.15) is 0 Å². The van der Waals surface area contributed by atoms with E-state index in [0.29, 0.717) is 12.0 Å². The average molecular weight is 333 g/mol. The molecule has 0 aromatic heterocycles. The molecule has 0 saturated heterocycles. The van der Waals surface area contributed by atoms with Gasteiger partial charge < -0.3 is 15.2 Å². The molecule has 0 spiro atoms. The van der Waals surface area contributed by atoms with Crippen molar-refractivity contribution >= 4 is 11.9 Å². The molecule has 8 heteroatoms. The summed E-state index contributed by atoms with van der Waals surface area (Å²) in [6, 6.07) is 3.83.